The number of rotatable bonds is 11. The normalized spacial score (nSPS) is 24.4. The Balaban J connectivity index is 1.14. The zero-order chi connectivity index (χ0) is 28.6. The minimum atomic E-state index is 0.00339. The van der Waals surface area contributed by atoms with Crippen molar-refractivity contribution < 1.29 is 14.6 Å². The lowest BCUT2D eigenvalue weighted by Gasteiger charge is -2.21. The molecule has 42 heavy (non-hydrogen) atoms. The highest BCUT2D eigenvalue weighted by Gasteiger charge is 2.72. The van der Waals surface area contributed by atoms with Crippen LogP contribution in [0.25, 0.3) is 4.91 Å². The summed E-state index contributed by atoms with van der Waals surface area (Å²) < 4.78 is 12.4. The van der Waals surface area contributed by atoms with E-state index in [1.165, 1.54) is 53.1 Å². The summed E-state index contributed by atoms with van der Waals surface area (Å²) in [4.78, 5) is 3.86. The Morgan fingerprint density at radius 1 is 0.929 bits per heavy atom. The molecule has 0 spiro atoms. The first-order chi connectivity index (χ1) is 20.6. The van der Waals surface area contributed by atoms with Gasteiger partial charge in [-0.3, -0.25) is 4.90 Å². The Bertz CT molecular complexity index is 1540. The summed E-state index contributed by atoms with van der Waals surface area (Å²) in [6.45, 7) is 6.88. The largest absolute Gasteiger partial charge is 0.492 e. The third kappa shape index (κ3) is 5.23. The van der Waals surface area contributed by atoms with Crippen LogP contribution in [0.15, 0.2) is 102 Å². The monoisotopic (exact) mass is 577 g/mol. The molecule has 3 aromatic carbocycles. The molecule has 2 atom stereocenters. The number of benzene rings is 3. The van der Waals surface area contributed by atoms with Crippen LogP contribution < -0.4 is 4.74 Å². The molecule has 5 heteroatoms. The van der Waals surface area contributed by atoms with E-state index in [2.05, 4.69) is 96.8 Å². The lowest BCUT2D eigenvalue weighted by atomic mass is 9.84. The van der Waals surface area contributed by atoms with Crippen molar-refractivity contribution in [3.8, 4) is 5.75 Å². The molecule has 2 fully saturated rings. The zero-order valence-electron chi connectivity index (χ0n) is 24.4. The van der Waals surface area contributed by atoms with Crippen molar-refractivity contribution in [2.24, 2.45) is 5.41 Å². The standard InChI is InChI=1S/C37H39NO3S/c1-27-21-29(9-10-31(27)24-39)22-34-35(30-11-13-32(14-12-30)40-20-19-38-17-5-6-18-38)42-37-23-33(15-16-36(34,37)26-37)41-25-28-7-3-2-4-8-28/h2-4,7-16,21,23,39H,5-6,17-20,22,24-26H2,1H3. The van der Waals surface area contributed by atoms with Crippen LogP contribution in [0.3, 0.4) is 0 Å². The molecule has 2 heterocycles. The summed E-state index contributed by atoms with van der Waals surface area (Å²) in [6.07, 6.45) is 11.6. The molecule has 1 saturated carbocycles. The first-order valence-electron chi connectivity index (χ1n) is 15.2. The summed E-state index contributed by atoms with van der Waals surface area (Å²) in [5, 5.41) is 9.71. The minimum Gasteiger partial charge on any atom is -0.492 e. The predicted octanol–water partition coefficient (Wildman–Crippen LogP) is 7.46. The highest BCUT2D eigenvalue weighted by molar-refractivity contribution is 8.10. The Morgan fingerprint density at radius 3 is 2.50 bits per heavy atom. The van der Waals surface area contributed by atoms with E-state index in [0.29, 0.717) is 6.61 Å². The molecular formula is C37H39NO3S. The average Bonchev–Trinajstić information content (AvgIpc) is 3.25. The van der Waals surface area contributed by atoms with Gasteiger partial charge in [0.15, 0.2) is 0 Å². The number of hydrogen-bond donors (Lipinski definition) is 1. The van der Waals surface area contributed by atoms with Gasteiger partial charge in [0.05, 0.1) is 11.4 Å². The number of ether oxygens (including phenoxy) is 2. The van der Waals surface area contributed by atoms with E-state index in [-0.39, 0.29) is 16.8 Å². The Hall–Kier alpha value is -3.25. The average molecular weight is 578 g/mol. The number of thioether (sulfide) groups is 1. The van der Waals surface area contributed by atoms with Crippen LogP contribution in [0.2, 0.25) is 0 Å². The van der Waals surface area contributed by atoms with Crippen molar-refractivity contribution in [1.29, 1.82) is 0 Å². The summed E-state index contributed by atoms with van der Waals surface area (Å²) in [5.74, 6) is 1.90. The molecule has 0 radical (unpaired) electrons. The molecule has 0 amide bonds. The first kappa shape index (κ1) is 27.6. The van der Waals surface area contributed by atoms with Crippen molar-refractivity contribution in [1.82, 2.24) is 4.90 Å². The van der Waals surface area contributed by atoms with Crippen LogP contribution >= 0.6 is 11.8 Å². The Kier molecular flexibility index (Phi) is 7.51. The smallest absolute Gasteiger partial charge is 0.119 e. The van der Waals surface area contributed by atoms with Gasteiger partial charge in [-0.05, 0) is 103 Å². The third-order valence-electron chi connectivity index (χ3n) is 9.37. The van der Waals surface area contributed by atoms with Gasteiger partial charge >= 0.3 is 0 Å². The fourth-order valence-electron chi connectivity index (χ4n) is 6.87. The van der Waals surface area contributed by atoms with Gasteiger partial charge in [0, 0.05) is 16.9 Å². The predicted molar refractivity (Wildman–Crippen MR) is 171 cm³/mol. The zero-order valence-corrected chi connectivity index (χ0v) is 25.2. The second-order valence-corrected chi connectivity index (χ2v) is 13.5. The van der Waals surface area contributed by atoms with Gasteiger partial charge in [-0.2, -0.15) is 0 Å². The number of nitrogens with zero attached hydrogens (tertiary/aromatic N) is 1. The van der Waals surface area contributed by atoms with Crippen LogP contribution in [0.4, 0.5) is 0 Å². The highest BCUT2D eigenvalue weighted by atomic mass is 32.2. The SMILES string of the molecule is Cc1cc(CC2=C(c3ccc(OCCN4CCCC4)cc3)SC34C=C(OCc5ccccc5)C=CC23C4)ccc1CO. The molecule has 4 aliphatic rings. The molecule has 2 aliphatic heterocycles. The van der Waals surface area contributed by atoms with Gasteiger partial charge in [0.1, 0.15) is 24.7 Å². The molecule has 4 nitrogen and oxygen atoms in total. The van der Waals surface area contributed by atoms with Crippen LogP contribution in [0, 0.1) is 12.3 Å². The van der Waals surface area contributed by atoms with Gasteiger partial charge < -0.3 is 14.6 Å². The van der Waals surface area contributed by atoms with E-state index in [9.17, 15) is 5.11 Å². The van der Waals surface area contributed by atoms with Crippen molar-refractivity contribution in [3.05, 3.63) is 130 Å². The van der Waals surface area contributed by atoms with E-state index < -0.39 is 0 Å². The Labute approximate surface area is 253 Å². The molecule has 1 N–H and O–H groups in total. The van der Waals surface area contributed by atoms with Crippen molar-refractivity contribution in [2.45, 2.75) is 50.6 Å². The topological polar surface area (TPSA) is 41.9 Å². The number of aliphatic hydroxyl groups is 1. The molecule has 3 aromatic rings. The van der Waals surface area contributed by atoms with Crippen molar-refractivity contribution in [2.75, 3.05) is 26.2 Å². The maximum atomic E-state index is 9.71. The van der Waals surface area contributed by atoms with Gasteiger partial charge in [0.25, 0.3) is 0 Å². The summed E-state index contributed by atoms with van der Waals surface area (Å²) in [7, 11) is 0. The molecule has 216 valence electrons. The van der Waals surface area contributed by atoms with E-state index in [0.717, 1.165) is 48.6 Å². The van der Waals surface area contributed by atoms with Crippen LogP contribution in [0.5, 0.6) is 5.75 Å². The number of aryl methyl sites for hydroxylation is 1. The van der Waals surface area contributed by atoms with E-state index in [1.54, 1.807) is 0 Å². The maximum Gasteiger partial charge on any atom is 0.119 e. The summed E-state index contributed by atoms with van der Waals surface area (Å²) in [6, 6.07) is 25.6. The number of likely N-dealkylation sites (tertiary alicyclic amines) is 1. The number of hydrogen-bond acceptors (Lipinski definition) is 5. The maximum absolute atomic E-state index is 9.71. The van der Waals surface area contributed by atoms with Crippen LogP contribution in [0.1, 0.15) is 47.1 Å². The molecule has 0 bridgehead atoms. The molecule has 1 saturated heterocycles. The van der Waals surface area contributed by atoms with Gasteiger partial charge in [-0.25, -0.2) is 0 Å². The highest BCUT2D eigenvalue weighted by Crippen LogP contribution is 2.79. The molecule has 7 rings (SSSR count). The van der Waals surface area contributed by atoms with E-state index in [1.807, 2.05) is 17.8 Å². The number of allylic oxidation sites excluding steroid dienone is 3. The van der Waals surface area contributed by atoms with Gasteiger partial charge in [-0.1, -0.05) is 66.7 Å². The van der Waals surface area contributed by atoms with E-state index >= 15 is 0 Å². The summed E-state index contributed by atoms with van der Waals surface area (Å²) in [5.41, 5.74) is 7.37. The van der Waals surface area contributed by atoms with E-state index in [4.69, 9.17) is 9.47 Å². The molecule has 0 aromatic heterocycles. The molecular weight excluding hydrogens is 538 g/mol. The first-order valence-corrected chi connectivity index (χ1v) is 16.1. The lowest BCUT2D eigenvalue weighted by molar-refractivity contribution is 0.208. The van der Waals surface area contributed by atoms with Crippen LogP contribution in [-0.2, 0) is 24.4 Å². The van der Waals surface area contributed by atoms with Crippen molar-refractivity contribution in [3.63, 3.8) is 0 Å². The summed E-state index contributed by atoms with van der Waals surface area (Å²) >= 11 is 2.00. The van der Waals surface area contributed by atoms with Gasteiger partial charge in [-0.15, -0.1) is 11.8 Å². The quantitative estimate of drug-likeness (QED) is 0.256. The number of aliphatic hydroxyl groups excluding tert-OH is 1. The lowest BCUT2D eigenvalue weighted by Crippen LogP contribution is -2.25. The molecule has 2 aliphatic carbocycles. The minimum absolute atomic E-state index is 0.00339. The second-order valence-electron chi connectivity index (χ2n) is 12.1. The Morgan fingerprint density at radius 2 is 1.74 bits per heavy atom. The molecule has 2 unspecified atom stereocenters. The fourth-order valence-corrected chi connectivity index (χ4v) is 8.71. The van der Waals surface area contributed by atoms with Crippen molar-refractivity contribution >= 4 is 16.7 Å². The second kappa shape index (κ2) is 11.4. The van der Waals surface area contributed by atoms with Crippen LogP contribution in [-0.4, -0.2) is 41.0 Å². The fraction of sp³-hybridized carbons (Fsp3) is 0.351. The third-order valence-corrected chi connectivity index (χ3v) is 11.1. The van der Waals surface area contributed by atoms with Gasteiger partial charge in [0.2, 0.25) is 0 Å².